The van der Waals surface area contributed by atoms with Gasteiger partial charge in [-0.1, -0.05) is 0 Å². The number of hydrogen-bond donors (Lipinski definition) is 0. The van der Waals surface area contributed by atoms with Crippen molar-refractivity contribution in [2.75, 3.05) is 13.2 Å². The van der Waals surface area contributed by atoms with Crippen LogP contribution in [0, 0.1) is 0 Å². The second kappa shape index (κ2) is 12.8. The number of esters is 2. The molecule has 0 aromatic heterocycles. The molecule has 0 amide bonds. The summed E-state index contributed by atoms with van der Waals surface area (Å²) in [5, 5.41) is -1.90. The van der Waals surface area contributed by atoms with Gasteiger partial charge in [0.25, 0.3) is 12.9 Å². The second-order valence-corrected chi connectivity index (χ2v) is 4.00. The molecule has 0 bridgehead atoms. The van der Waals surface area contributed by atoms with Crippen LogP contribution in [0.3, 0.4) is 0 Å². The van der Waals surface area contributed by atoms with E-state index in [1.54, 1.807) is 0 Å². The van der Waals surface area contributed by atoms with Crippen LogP contribution in [0.25, 0.3) is 0 Å². The van der Waals surface area contributed by atoms with E-state index < -0.39 is 48.2 Å². The van der Waals surface area contributed by atoms with Crippen molar-refractivity contribution in [3.05, 3.63) is 0 Å². The minimum Gasteiger partial charge on any atom is -0.466 e. The third-order valence-electron chi connectivity index (χ3n) is 1.83. The number of halogens is 5. The molecule has 11 heteroatoms. The van der Waals surface area contributed by atoms with Gasteiger partial charge in [-0.25, -0.2) is 22.4 Å². The van der Waals surface area contributed by atoms with Gasteiger partial charge in [0.1, 0.15) is 6.42 Å². The maximum absolute atomic E-state index is 11.6. The van der Waals surface area contributed by atoms with E-state index in [1.165, 1.54) is 13.8 Å². The van der Waals surface area contributed by atoms with Gasteiger partial charge >= 0.3 is 11.9 Å². The van der Waals surface area contributed by atoms with Gasteiger partial charge in [-0.05, 0) is 13.8 Å². The summed E-state index contributed by atoms with van der Waals surface area (Å²) in [6, 6.07) is 0. The Bertz CT molecular complexity index is 416. The quantitative estimate of drug-likeness (QED) is 0.281. The second-order valence-electron chi connectivity index (χ2n) is 3.57. The number of alkyl halides is 5. The van der Waals surface area contributed by atoms with Gasteiger partial charge in [0, 0.05) is 0 Å². The smallest absolute Gasteiger partial charge is 0.331 e. The van der Waals surface area contributed by atoms with Gasteiger partial charge in [-0.15, -0.1) is 11.6 Å². The lowest BCUT2D eigenvalue weighted by Crippen LogP contribution is -2.31. The first-order chi connectivity index (χ1) is 10.6. The Hall–Kier alpha value is -1.71. The molecule has 0 saturated heterocycles. The highest BCUT2D eigenvalue weighted by atomic mass is 35.5. The topological polar surface area (TPSA) is 86.7 Å². The van der Waals surface area contributed by atoms with E-state index in [9.17, 15) is 36.7 Å². The molecule has 134 valence electrons. The standard InChI is InChI=1S/C6H7ClF2O3.C6H8F2O3/c1-2-12-6(11)3(7)4(10)5(8)9;1-2-11-5(10)3-4(9)6(7)8/h3,5H,2H2,1H3;6H,2-3H2,1H3. The number of Topliss-reactive ketones (excluding diaryl/α,β-unsaturated/α-hetero) is 2. The Kier molecular flexibility index (Phi) is 13.1. The highest BCUT2D eigenvalue weighted by Crippen LogP contribution is 2.07. The van der Waals surface area contributed by atoms with Crippen LogP contribution in [0.1, 0.15) is 20.3 Å². The third kappa shape index (κ3) is 11.5. The van der Waals surface area contributed by atoms with Crippen molar-refractivity contribution >= 4 is 35.1 Å². The van der Waals surface area contributed by atoms with E-state index in [4.69, 9.17) is 11.6 Å². The van der Waals surface area contributed by atoms with Crippen molar-refractivity contribution in [2.45, 2.75) is 38.5 Å². The number of ether oxygens (including phenoxy) is 2. The minimum absolute atomic E-state index is 0.00142. The maximum atomic E-state index is 11.6. The largest absolute Gasteiger partial charge is 0.466 e. The highest BCUT2D eigenvalue weighted by Gasteiger charge is 2.31. The third-order valence-corrected chi connectivity index (χ3v) is 2.22. The summed E-state index contributed by atoms with van der Waals surface area (Å²) in [7, 11) is 0. The zero-order chi connectivity index (χ0) is 18.6. The molecule has 0 spiro atoms. The summed E-state index contributed by atoms with van der Waals surface area (Å²) in [6.07, 6.45) is -7.16. The summed E-state index contributed by atoms with van der Waals surface area (Å²) >= 11 is 5.05. The van der Waals surface area contributed by atoms with Gasteiger partial charge in [0.15, 0.2) is 5.38 Å². The first-order valence-electron chi connectivity index (χ1n) is 6.17. The maximum Gasteiger partial charge on any atom is 0.331 e. The van der Waals surface area contributed by atoms with Crippen molar-refractivity contribution in [3.63, 3.8) is 0 Å². The van der Waals surface area contributed by atoms with E-state index in [-0.39, 0.29) is 13.2 Å². The van der Waals surface area contributed by atoms with E-state index in [1.807, 2.05) is 0 Å². The zero-order valence-electron chi connectivity index (χ0n) is 12.2. The van der Waals surface area contributed by atoms with Crippen molar-refractivity contribution in [1.82, 2.24) is 0 Å². The summed E-state index contributed by atoms with van der Waals surface area (Å²) in [5.41, 5.74) is 0. The van der Waals surface area contributed by atoms with Crippen LogP contribution in [0.2, 0.25) is 0 Å². The fraction of sp³-hybridized carbons (Fsp3) is 0.667. The lowest BCUT2D eigenvalue weighted by molar-refractivity contribution is -0.149. The number of ketones is 2. The summed E-state index contributed by atoms with van der Waals surface area (Å²) in [5.74, 6) is -5.07. The van der Waals surface area contributed by atoms with Crippen LogP contribution in [0.4, 0.5) is 17.6 Å². The normalized spacial score (nSPS) is 11.3. The van der Waals surface area contributed by atoms with Crippen molar-refractivity contribution in [3.8, 4) is 0 Å². The molecule has 0 aliphatic heterocycles. The van der Waals surface area contributed by atoms with Crippen molar-refractivity contribution in [1.29, 1.82) is 0 Å². The molecule has 1 unspecified atom stereocenters. The molecular weight excluding hydrogens is 352 g/mol. The Morgan fingerprint density at radius 1 is 0.913 bits per heavy atom. The molecule has 0 rings (SSSR count). The first-order valence-corrected chi connectivity index (χ1v) is 6.61. The summed E-state index contributed by atoms with van der Waals surface area (Å²) in [4.78, 5) is 41.5. The lowest BCUT2D eigenvalue weighted by atomic mass is 10.3. The minimum atomic E-state index is -3.24. The van der Waals surface area contributed by atoms with E-state index in [2.05, 4.69) is 9.47 Å². The van der Waals surface area contributed by atoms with Crippen LogP contribution >= 0.6 is 11.6 Å². The molecule has 0 fully saturated rings. The first kappa shape index (κ1) is 23.6. The molecule has 0 N–H and O–H groups in total. The fourth-order valence-corrected chi connectivity index (χ4v) is 1.03. The van der Waals surface area contributed by atoms with E-state index >= 15 is 0 Å². The number of hydrogen-bond acceptors (Lipinski definition) is 6. The van der Waals surface area contributed by atoms with Crippen molar-refractivity contribution < 1.29 is 46.2 Å². The predicted octanol–water partition coefficient (Wildman–Crippen LogP) is 1.76. The van der Waals surface area contributed by atoms with Crippen molar-refractivity contribution in [2.24, 2.45) is 0 Å². The molecule has 1 atom stereocenters. The summed E-state index contributed by atoms with van der Waals surface area (Å²) in [6.45, 7) is 3.10. The Labute approximate surface area is 134 Å². The van der Waals surface area contributed by atoms with Gasteiger partial charge < -0.3 is 9.47 Å². The van der Waals surface area contributed by atoms with Gasteiger partial charge in [-0.2, -0.15) is 0 Å². The van der Waals surface area contributed by atoms with Crippen LogP contribution in [0.5, 0.6) is 0 Å². The van der Waals surface area contributed by atoms with Crippen LogP contribution < -0.4 is 0 Å². The number of rotatable bonds is 8. The molecule has 23 heavy (non-hydrogen) atoms. The number of carbonyl (C=O) groups is 4. The average Bonchev–Trinajstić information content (AvgIpc) is 2.46. The molecule has 0 saturated carbocycles. The Morgan fingerprint density at radius 3 is 1.74 bits per heavy atom. The molecule has 0 heterocycles. The molecule has 0 radical (unpaired) electrons. The lowest BCUT2D eigenvalue weighted by Gasteiger charge is -2.05. The zero-order valence-corrected chi connectivity index (χ0v) is 12.9. The molecule has 0 aliphatic carbocycles. The van der Waals surface area contributed by atoms with Gasteiger partial charge in [-0.3, -0.25) is 14.4 Å². The highest BCUT2D eigenvalue weighted by molar-refractivity contribution is 6.41. The predicted molar refractivity (Wildman–Crippen MR) is 69.5 cm³/mol. The SMILES string of the molecule is CCOC(=O)C(Cl)C(=O)C(F)F.CCOC(=O)CC(=O)C(F)F. The molecule has 0 aliphatic rings. The monoisotopic (exact) mass is 366 g/mol. The van der Waals surface area contributed by atoms with Crippen LogP contribution in [0.15, 0.2) is 0 Å². The van der Waals surface area contributed by atoms with E-state index in [0.29, 0.717) is 0 Å². The van der Waals surface area contributed by atoms with Crippen LogP contribution in [-0.2, 0) is 28.7 Å². The fourth-order valence-electron chi connectivity index (χ4n) is 0.874. The Balaban J connectivity index is 0. The van der Waals surface area contributed by atoms with Gasteiger partial charge in [0.05, 0.1) is 13.2 Å². The molecule has 0 aromatic rings. The molecule has 6 nitrogen and oxygen atoms in total. The molecular formula is C12H15ClF4O6. The van der Waals surface area contributed by atoms with Crippen LogP contribution in [-0.4, -0.2) is 54.9 Å². The summed E-state index contributed by atoms with van der Waals surface area (Å²) < 4.78 is 54.7. The van der Waals surface area contributed by atoms with E-state index in [0.717, 1.165) is 0 Å². The number of carbonyl (C=O) groups excluding carboxylic acids is 4. The van der Waals surface area contributed by atoms with Gasteiger partial charge in [0.2, 0.25) is 11.6 Å². The average molecular weight is 367 g/mol. The Morgan fingerprint density at radius 2 is 1.39 bits per heavy atom. The molecule has 0 aromatic carbocycles.